The summed E-state index contributed by atoms with van der Waals surface area (Å²) in [6, 6.07) is 12.0. The van der Waals surface area contributed by atoms with E-state index in [2.05, 4.69) is 16.4 Å². The van der Waals surface area contributed by atoms with E-state index in [4.69, 9.17) is 10.2 Å². The Morgan fingerprint density at radius 3 is 2.70 bits per heavy atom. The third-order valence-corrected chi connectivity index (χ3v) is 3.40. The average molecular weight is 268 g/mol. The lowest BCUT2D eigenvalue weighted by atomic mass is 9.99. The molecule has 0 aliphatic carbocycles. The molecule has 2 heterocycles. The van der Waals surface area contributed by atoms with Gasteiger partial charge in [0.2, 0.25) is 5.96 Å². The summed E-state index contributed by atoms with van der Waals surface area (Å²) < 4.78 is 0. The third kappa shape index (κ3) is 2.12. The quantitative estimate of drug-likeness (QED) is 0.877. The van der Waals surface area contributed by atoms with Gasteiger partial charge in [0.15, 0.2) is 5.72 Å². The van der Waals surface area contributed by atoms with Gasteiger partial charge in [0.1, 0.15) is 0 Å². The molecule has 1 saturated heterocycles. The van der Waals surface area contributed by atoms with E-state index in [1.165, 1.54) is 5.06 Å². The van der Waals surface area contributed by atoms with E-state index >= 15 is 0 Å². The van der Waals surface area contributed by atoms with E-state index in [9.17, 15) is 0 Å². The van der Waals surface area contributed by atoms with Crippen molar-refractivity contribution in [1.29, 1.82) is 5.41 Å². The average Bonchev–Trinajstić information content (AvgIpc) is 2.74. The molecule has 1 aliphatic heterocycles. The molecule has 0 radical (unpaired) electrons. The SMILES string of the molecule is CN1OC(C)(c2cccc(-c3cccnc3)c2)NC1=N. The minimum atomic E-state index is -0.718. The predicted molar refractivity (Wildman–Crippen MR) is 76.7 cm³/mol. The highest BCUT2D eigenvalue weighted by Crippen LogP contribution is 2.30. The molecule has 1 unspecified atom stereocenters. The monoisotopic (exact) mass is 268 g/mol. The van der Waals surface area contributed by atoms with Crippen LogP contribution in [-0.4, -0.2) is 23.1 Å². The number of pyridine rings is 1. The zero-order valence-corrected chi connectivity index (χ0v) is 11.4. The molecule has 2 N–H and O–H groups in total. The van der Waals surface area contributed by atoms with Gasteiger partial charge in [0.25, 0.3) is 0 Å². The van der Waals surface area contributed by atoms with Crippen molar-refractivity contribution in [1.82, 2.24) is 15.4 Å². The summed E-state index contributed by atoms with van der Waals surface area (Å²) in [4.78, 5) is 9.86. The summed E-state index contributed by atoms with van der Waals surface area (Å²) in [5.74, 6) is 0.249. The van der Waals surface area contributed by atoms with Gasteiger partial charge in [-0.2, -0.15) is 0 Å². The Balaban J connectivity index is 1.98. The summed E-state index contributed by atoms with van der Waals surface area (Å²) in [5, 5.41) is 12.2. The number of rotatable bonds is 2. The third-order valence-electron chi connectivity index (χ3n) is 3.40. The predicted octanol–water partition coefficient (Wildman–Crippen LogP) is 2.32. The van der Waals surface area contributed by atoms with Crippen molar-refractivity contribution in [3.05, 3.63) is 54.4 Å². The number of aromatic nitrogens is 1. The van der Waals surface area contributed by atoms with Gasteiger partial charge >= 0.3 is 0 Å². The second-order valence-electron chi connectivity index (χ2n) is 4.92. The van der Waals surface area contributed by atoms with E-state index in [-0.39, 0.29) is 5.96 Å². The van der Waals surface area contributed by atoms with Crippen molar-refractivity contribution in [2.45, 2.75) is 12.6 Å². The maximum Gasteiger partial charge on any atom is 0.217 e. The summed E-state index contributed by atoms with van der Waals surface area (Å²) >= 11 is 0. The molecule has 1 aromatic carbocycles. The van der Waals surface area contributed by atoms with E-state index in [1.54, 1.807) is 13.2 Å². The Hall–Kier alpha value is -2.40. The highest BCUT2D eigenvalue weighted by Gasteiger charge is 2.38. The smallest absolute Gasteiger partial charge is 0.217 e. The largest absolute Gasteiger partial charge is 0.321 e. The van der Waals surface area contributed by atoms with Crippen LogP contribution in [0.3, 0.4) is 0 Å². The molecule has 0 amide bonds. The van der Waals surface area contributed by atoms with Gasteiger partial charge in [-0.3, -0.25) is 10.4 Å². The molecule has 20 heavy (non-hydrogen) atoms. The Labute approximate surface area is 117 Å². The molecule has 1 fully saturated rings. The van der Waals surface area contributed by atoms with E-state index in [1.807, 2.05) is 43.5 Å². The van der Waals surface area contributed by atoms with Crippen molar-refractivity contribution >= 4 is 5.96 Å². The molecule has 102 valence electrons. The Morgan fingerprint density at radius 1 is 1.25 bits per heavy atom. The van der Waals surface area contributed by atoms with Crippen LogP contribution in [0, 0.1) is 5.41 Å². The maximum atomic E-state index is 7.76. The first kappa shape index (κ1) is 12.6. The van der Waals surface area contributed by atoms with Crippen LogP contribution in [0.15, 0.2) is 48.8 Å². The Morgan fingerprint density at radius 2 is 2.05 bits per heavy atom. The zero-order chi connectivity index (χ0) is 14.2. The molecule has 5 nitrogen and oxygen atoms in total. The first-order valence-electron chi connectivity index (χ1n) is 6.39. The lowest BCUT2D eigenvalue weighted by Gasteiger charge is -2.23. The topological polar surface area (TPSA) is 61.2 Å². The number of guanidine groups is 1. The highest BCUT2D eigenvalue weighted by atomic mass is 16.7. The number of hydrogen-bond donors (Lipinski definition) is 2. The van der Waals surface area contributed by atoms with Crippen LogP contribution in [0.25, 0.3) is 11.1 Å². The first-order chi connectivity index (χ1) is 9.58. The van der Waals surface area contributed by atoms with Crippen molar-refractivity contribution in [3.8, 4) is 11.1 Å². The van der Waals surface area contributed by atoms with Crippen molar-refractivity contribution < 1.29 is 4.84 Å². The van der Waals surface area contributed by atoms with Crippen molar-refractivity contribution in [2.75, 3.05) is 7.05 Å². The molecule has 2 aromatic rings. The van der Waals surface area contributed by atoms with Crippen LogP contribution in [0.4, 0.5) is 0 Å². The number of nitrogens with one attached hydrogen (secondary N) is 2. The molecule has 1 aliphatic rings. The second kappa shape index (κ2) is 4.61. The number of hydrogen-bond acceptors (Lipinski definition) is 3. The molecule has 0 spiro atoms. The molecule has 0 bridgehead atoms. The normalized spacial score (nSPS) is 21.9. The van der Waals surface area contributed by atoms with Gasteiger partial charge in [-0.1, -0.05) is 24.3 Å². The van der Waals surface area contributed by atoms with Gasteiger partial charge in [-0.25, -0.2) is 9.90 Å². The lowest BCUT2D eigenvalue weighted by Crippen LogP contribution is -2.36. The van der Waals surface area contributed by atoms with Crippen LogP contribution in [-0.2, 0) is 10.6 Å². The van der Waals surface area contributed by atoms with Crippen LogP contribution in [0.1, 0.15) is 12.5 Å². The van der Waals surface area contributed by atoms with Crippen LogP contribution in [0.2, 0.25) is 0 Å². The zero-order valence-electron chi connectivity index (χ0n) is 11.4. The Kier molecular flexibility index (Phi) is 2.91. The highest BCUT2D eigenvalue weighted by molar-refractivity contribution is 5.78. The lowest BCUT2D eigenvalue weighted by molar-refractivity contribution is -0.161. The van der Waals surface area contributed by atoms with Gasteiger partial charge in [0, 0.05) is 25.0 Å². The molecule has 5 heteroatoms. The van der Waals surface area contributed by atoms with Gasteiger partial charge < -0.3 is 5.32 Å². The van der Waals surface area contributed by atoms with E-state index in [0.29, 0.717) is 0 Å². The van der Waals surface area contributed by atoms with Gasteiger partial charge in [-0.15, -0.1) is 0 Å². The minimum absolute atomic E-state index is 0.249. The van der Waals surface area contributed by atoms with Crippen LogP contribution >= 0.6 is 0 Å². The van der Waals surface area contributed by atoms with E-state index < -0.39 is 5.72 Å². The van der Waals surface area contributed by atoms with Crippen LogP contribution in [0.5, 0.6) is 0 Å². The summed E-state index contributed by atoms with van der Waals surface area (Å²) in [6.45, 7) is 1.91. The molecular formula is C15H16N4O. The molecule has 1 atom stereocenters. The van der Waals surface area contributed by atoms with Crippen LogP contribution < -0.4 is 5.32 Å². The second-order valence-corrected chi connectivity index (χ2v) is 4.92. The fraction of sp³-hybridized carbons (Fsp3) is 0.200. The summed E-state index contributed by atoms with van der Waals surface area (Å²) in [5.41, 5.74) is 2.37. The van der Waals surface area contributed by atoms with E-state index in [0.717, 1.165) is 16.7 Å². The van der Waals surface area contributed by atoms with Crippen molar-refractivity contribution in [3.63, 3.8) is 0 Å². The van der Waals surface area contributed by atoms with Gasteiger partial charge in [0.05, 0.1) is 0 Å². The fourth-order valence-corrected chi connectivity index (χ4v) is 2.30. The number of benzene rings is 1. The number of hydroxylamine groups is 2. The number of nitrogens with zero attached hydrogens (tertiary/aromatic N) is 2. The summed E-state index contributed by atoms with van der Waals surface area (Å²) in [7, 11) is 1.71. The molecule has 3 rings (SSSR count). The summed E-state index contributed by atoms with van der Waals surface area (Å²) in [6.07, 6.45) is 3.59. The molecule has 1 aromatic heterocycles. The molecular weight excluding hydrogens is 252 g/mol. The van der Waals surface area contributed by atoms with Crippen molar-refractivity contribution in [2.24, 2.45) is 0 Å². The van der Waals surface area contributed by atoms with Gasteiger partial charge in [-0.05, 0) is 30.2 Å². The minimum Gasteiger partial charge on any atom is -0.321 e. The standard InChI is InChI=1S/C15H16N4O/c1-15(18-14(16)19(2)20-15)13-7-3-5-11(9-13)12-6-4-8-17-10-12/h3-10H,1-2H3,(H2,16,18). The first-order valence-corrected chi connectivity index (χ1v) is 6.39. The fourth-order valence-electron chi connectivity index (χ4n) is 2.30. The maximum absolute atomic E-state index is 7.76. The Bertz CT molecular complexity index is 643. The molecule has 0 saturated carbocycles.